The summed E-state index contributed by atoms with van der Waals surface area (Å²) in [7, 11) is 0. The molecule has 0 spiro atoms. The van der Waals surface area contributed by atoms with Crippen molar-refractivity contribution in [2.45, 2.75) is 27.7 Å². The van der Waals surface area contributed by atoms with Crippen LogP contribution in [-0.2, 0) is 4.79 Å². The first-order valence-corrected chi connectivity index (χ1v) is 6.32. The zero-order chi connectivity index (χ0) is 14.8. The van der Waals surface area contributed by atoms with Crippen LogP contribution in [-0.4, -0.2) is 25.8 Å². The molecule has 0 atom stereocenters. The molecule has 0 bridgehead atoms. The molecule has 0 fully saturated rings. The fraction of sp³-hybridized carbons (Fsp3) is 0.357. The minimum absolute atomic E-state index is 0.143. The average molecular weight is 271 g/mol. The van der Waals surface area contributed by atoms with Crippen molar-refractivity contribution in [2.24, 2.45) is 5.41 Å². The first kappa shape index (κ1) is 14.0. The molecule has 0 saturated carbocycles. The van der Waals surface area contributed by atoms with E-state index in [4.69, 9.17) is 0 Å². The third-order valence-electron chi connectivity index (χ3n) is 2.55. The monoisotopic (exact) mass is 271 g/mol. The second-order valence-electron chi connectivity index (χ2n) is 5.45. The predicted octanol–water partition coefficient (Wildman–Crippen LogP) is 2.23. The van der Waals surface area contributed by atoms with Crippen molar-refractivity contribution in [3.8, 4) is 11.5 Å². The number of anilines is 1. The molecule has 2 rings (SSSR count). The van der Waals surface area contributed by atoms with Crippen LogP contribution in [0.1, 0.15) is 26.6 Å². The van der Waals surface area contributed by atoms with Gasteiger partial charge >= 0.3 is 0 Å². The zero-order valence-corrected chi connectivity index (χ0v) is 12.0. The summed E-state index contributed by atoms with van der Waals surface area (Å²) in [4.78, 5) is 28.8. The van der Waals surface area contributed by atoms with Crippen molar-refractivity contribution < 1.29 is 4.79 Å². The van der Waals surface area contributed by atoms with Crippen molar-refractivity contribution in [2.75, 3.05) is 5.32 Å². The molecule has 0 aliphatic heterocycles. The number of aryl methyl sites for hydroxylation is 1. The van der Waals surface area contributed by atoms with Crippen LogP contribution in [0.3, 0.4) is 0 Å². The number of hydrogen-bond donors (Lipinski definition) is 1. The van der Waals surface area contributed by atoms with E-state index in [-0.39, 0.29) is 11.9 Å². The lowest BCUT2D eigenvalue weighted by Crippen LogP contribution is -2.28. The number of pyridine rings is 1. The maximum absolute atomic E-state index is 12.0. The molecule has 6 heteroatoms. The molecule has 0 radical (unpaired) electrons. The fourth-order valence-electron chi connectivity index (χ4n) is 1.44. The molecular weight excluding hydrogens is 254 g/mol. The summed E-state index contributed by atoms with van der Waals surface area (Å²) in [5.41, 5.74) is 0.135. The highest BCUT2D eigenvalue weighted by Crippen LogP contribution is 2.17. The first-order chi connectivity index (χ1) is 9.36. The van der Waals surface area contributed by atoms with Crippen molar-refractivity contribution >= 4 is 11.9 Å². The lowest BCUT2D eigenvalue weighted by Gasteiger charge is -2.16. The normalized spacial score (nSPS) is 11.2. The Morgan fingerprint density at radius 2 is 1.90 bits per heavy atom. The highest BCUT2D eigenvalue weighted by molar-refractivity contribution is 5.93. The second-order valence-corrected chi connectivity index (χ2v) is 5.45. The number of nitrogens with one attached hydrogen (secondary N) is 1. The Morgan fingerprint density at radius 3 is 2.50 bits per heavy atom. The van der Waals surface area contributed by atoms with Gasteiger partial charge in [0.05, 0.1) is 0 Å². The molecule has 6 nitrogen and oxygen atoms in total. The summed E-state index contributed by atoms with van der Waals surface area (Å²) in [6.07, 6.45) is 1.67. The Bertz CT molecular complexity index is 619. The van der Waals surface area contributed by atoms with Crippen molar-refractivity contribution in [3.05, 3.63) is 30.2 Å². The van der Waals surface area contributed by atoms with E-state index in [9.17, 15) is 4.79 Å². The minimum Gasteiger partial charge on any atom is -0.294 e. The first-order valence-electron chi connectivity index (χ1n) is 6.32. The molecular formula is C14H17N5O. The van der Waals surface area contributed by atoms with Gasteiger partial charge in [-0.15, -0.1) is 0 Å². The maximum atomic E-state index is 12.0. The predicted molar refractivity (Wildman–Crippen MR) is 75.9 cm³/mol. The number of carbonyl (C=O) groups excluding carboxylic acids is 1. The standard InChI is InChI=1S/C14H17N5O/c1-9-16-11(10-7-5-6-8-15-10)18-13(17-9)19-12(20)14(2,3)4/h5-8H,1-4H3,(H,16,17,18,19,20). The Kier molecular flexibility index (Phi) is 3.74. The number of aromatic nitrogens is 4. The summed E-state index contributed by atoms with van der Waals surface area (Å²) in [6, 6.07) is 5.48. The van der Waals surface area contributed by atoms with Crippen LogP contribution >= 0.6 is 0 Å². The number of amides is 1. The van der Waals surface area contributed by atoms with Gasteiger partial charge in [-0.2, -0.15) is 9.97 Å². The molecule has 0 aromatic carbocycles. The number of rotatable bonds is 2. The zero-order valence-electron chi connectivity index (χ0n) is 12.0. The van der Waals surface area contributed by atoms with Crippen LogP contribution in [0.5, 0.6) is 0 Å². The third kappa shape index (κ3) is 3.34. The van der Waals surface area contributed by atoms with E-state index in [1.807, 2.05) is 39.0 Å². The van der Waals surface area contributed by atoms with Gasteiger partial charge in [0.15, 0.2) is 5.82 Å². The molecule has 2 heterocycles. The highest BCUT2D eigenvalue weighted by Gasteiger charge is 2.22. The Labute approximate surface area is 117 Å². The Morgan fingerprint density at radius 1 is 1.15 bits per heavy atom. The second kappa shape index (κ2) is 5.32. The lowest BCUT2D eigenvalue weighted by atomic mass is 9.96. The van der Waals surface area contributed by atoms with E-state index < -0.39 is 5.41 Å². The summed E-state index contributed by atoms with van der Waals surface area (Å²) >= 11 is 0. The van der Waals surface area contributed by atoms with Crippen molar-refractivity contribution in [3.63, 3.8) is 0 Å². The number of hydrogen-bond acceptors (Lipinski definition) is 5. The summed E-state index contributed by atoms with van der Waals surface area (Å²) < 4.78 is 0. The number of nitrogens with zero attached hydrogens (tertiary/aromatic N) is 4. The van der Waals surface area contributed by atoms with E-state index in [0.717, 1.165) is 0 Å². The molecule has 2 aromatic rings. The SMILES string of the molecule is Cc1nc(NC(=O)C(C)(C)C)nc(-c2ccccn2)n1. The van der Waals surface area contributed by atoms with Gasteiger partial charge in [0.25, 0.3) is 0 Å². The summed E-state index contributed by atoms with van der Waals surface area (Å²) in [6.45, 7) is 7.24. The largest absolute Gasteiger partial charge is 0.294 e. The molecule has 104 valence electrons. The van der Waals surface area contributed by atoms with Crippen LogP contribution < -0.4 is 5.32 Å². The minimum atomic E-state index is -0.508. The average Bonchev–Trinajstić information content (AvgIpc) is 2.38. The van der Waals surface area contributed by atoms with Gasteiger partial charge in [-0.05, 0) is 19.1 Å². The van der Waals surface area contributed by atoms with E-state index in [2.05, 4.69) is 25.3 Å². The topological polar surface area (TPSA) is 80.7 Å². The van der Waals surface area contributed by atoms with E-state index in [1.54, 1.807) is 13.1 Å². The maximum Gasteiger partial charge on any atom is 0.233 e. The van der Waals surface area contributed by atoms with Crippen LogP contribution in [0.2, 0.25) is 0 Å². The summed E-state index contributed by atoms with van der Waals surface area (Å²) in [5.74, 6) is 1.08. The van der Waals surface area contributed by atoms with Gasteiger partial charge < -0.3 is 0 Å². The van der Waals surface area contributed by atoms with Crippen LogP contribution in [0.4, 0.5) is 5.95 Å². The Balaban J connectivity index is 2.33. The molecule has 2 aromatic heterocycles. The van der Waals surface area contributed by atoms with Crippen molar-refractivity contribution in [1.82, 2.24) is 19.9 Å². The van der Waals surface area contributed by atoms with Gasteiger partial charge in [-0.3, -0.25) is 15.1 Å². The molecule has 0 saturated heterocycles. The molecule has 0 aliphatic carbocycles. The van der Waals surface area contributed by atoms with Gasteiger partial charge in [0, 0.05) is 11.6 Å². The fourth-order valence-corrected chi connectivity index (χ4v) is 1.44. The third-order valence-corrected chi connectivity index (χ3v) is 2.55. The summed E-state index contributed by atoms with van der Waals surface area (Å²) in [5, 5.41) is 2.70. The van der Waals surface area contributed by atoms with Crippen LogP contribution in [0.25, 0.3) is 11.5 Å². The molecule has 0 aliphatic rings. The Hall–Kier alpha value is -2.37. The van der Waals surface area contributed by atoms with Crippen molar-refractivity contribution in [1.29, 1.82) is 0 Å². The van der Waals surface area contributed by atoms with Gasteiger partial charge in [0.1, 0.15) is 11.5 Å². The van der Waals surface area contributed by atoms with E-state index >= 15 is 0 Å². The smallest absolute Gasteiger partial charge is 0.233 e. The van der Waals surface area contributed by atoms with Gasteiger partial charge in [-0.25, -0.2) is 4.98 Å². The van der Waals surface area contributed by atoms with Crippen LogP contribution in [0, 0.1) is 12.3 Å². The highest BCUT2D eigenvalue weighted by atomic mass is 16.2. The van der Waals surface area contributed by atoms with Crippen LogP contribution in [0.15, 0.2) is 24.4 Å². The molecule has 1 amide bonds. The van der Waals surface area contributed by atoms with Gasteiger partial charge in [-0.1, -0.05) is 26.8 Å². The molecule has 0 unspecified atom stereocenters. The molecule has 20 heavy (non-hydrogen) atoms. The van der Waals surface area contributed by atoms with E-state index in [1.165, 1.54) is 0 Å². The van der Waals surface area contributed by atoms with E-state index in [0.29, 0.717) is 17.3 Å². The lowest BCUT2D eigenvalue weighted by molar-refractivity contribution is -0.123. The number of carbonyl (C=O) groups is 1. The quantitative estimate of drug-likeness (QED) is 0.905. The van der Waals surface area contributed by atoms with Gasteiger partial charge in [0.2, 0.25) is 11.9 Å². The molecule has 1 N–H and O–H groups in total.